The third kappa shape index (κ3) is 3.17. The number of aromatic carboxylic acids is 1. The van der Waals surface area contributed by atoms with Gasteiger partial charge >= 0.3 is 5.97 Å². The maximum absolute atomic E-state index is 12.2. The normalized spacial score (nSPS) is 11.0. The van der Waals surface area contributed by atoms with Gasteiger partial charge in [0.05, 0.1) is 15.2 Å². The number of aromatic nitrogens is 2. The van der Waals surface area contributed by atoms with Crippen LogP contribution in [-0.4, -0.2) is 20.6 Å². The van der Waals surface area contributed by atoms with Gasteiger partial charge in [0, 0.05) is 19.2 Å². The predicted molar refractivity (Wildman–Crippen MR) is 90.3 cm³/mol. The first-order valence-corrected chi connectivity index (χ1v) is 8.15. The monoisotopic (exact) mass is 328 g/mol. The number of para-hydroxylation sites is 1. The lowest BCUT2D eigenvalue weighted by molar-refractivity contribution is 0.0693. The smallest absolute Gasteiger partial charge is 0.341 e. The summed E-state index contributed by atoms with van der Waals surface area (Å²) in [6.07, 6.45) is 3.16. The van der Waals surface area contributed by atoms with Gasteiger partial charge in [-0.3, -0.25) is 4.79 Å². The Kier molecular flexibility index (Phi) is 4.25. The summed E-state index contributed by atoms with van der Waals surface area (Å²) >= 11 is 1.65. The highest BCUT2D eigenvalue weighted by Crippen LogP contribution is 2.22. The fourth-order valence-corrected chi connectivity index (χ4v) is 3.54. The van der Waals surface area contributed by atoms with Crippen molar-refractivity contribution in [1.29, 1.82) is 0 Å². The molecule has 0 radical (unpaired) electrons. The fourth-order valence-electron chi connectivity index (χ4n) is 2.53. The molecule has 0 aliphatic heterocycles. The summed E-state index contributed by atoms with van der Waals surface area (Å²) in [6, 6.07) is 9.65. The number of rotatable bonds is 5. The molecule has 2 aromatic heterocycles. The molecule has 1 aromatic carbocycles. The molecule has 6 heteroatoms. The zero-order valence-electron chi connectivity index (χ0n) is 12.7. The van der Waals surface area contributed by atoms with Gasteiger partial charge in [-0.05, 0) is 37.1 Å². The third-order valence-corrected chi connectivity index (χ3v) is 4.81. The number of nitrogens with zero attached hydrogens (tertiary/aromatic N) is 2. The van der Waals surface area contributed by atoms with Crippen LogP contribution < -0.4 is 5.56 Å². The van der Waals surface area contributed by atoms with E-state index in [0.717, 1.165) is 28.1 Å². The van der Waals surface area contributed by atoms with Crippen molar-refractivity contribution in [2.45, 2.75) is 26.3 Å². The molecule has 0 amide bonds. The fraction of sp³-hybridized carbons (Fsp3) is 0.235. The summed E-state index contributed by atoms with van der Waals surface area (Å²) in [7, 11) is 0. The van der Waals surface area contributed by atoms with Crippen LogP contribution in [-0.2, 0) is 13.0 Å². The zero-order chi connectivity index (χ0) is 16.4. The SMILES string of the molecule is Cc1ccn(CCCc2nc3ccccc3s2)c(=O)c1C(=O)O. The highest BCUT2D eigenvalue weighted by Gasteiger charge is 2.14. The Morgan fingerprint density at radius 2 is 2.09 bits per heavy atom. The van der Waals surface area contributed by atoms with Crippen LogP contribution in [0.2, 0.25) is 0 Å². The van der Waals surface area contributed by atoms with Crippen molar-refractivity contribution in [3.8, 4) is 0 Å². The van der Waals surface area contributed by atoms with E-state index in [4.69, 9.17) is 5.11 Å². The van der Waals surface area contributed by atoms with Crippen molar-refractivity contribution in [3.63, 3.8) is 0 Å². The van der Waals surface area contributed by atoms with Crippen LogP contribution in [0.15, 0.2) is 41.3 Å². The lowest BCUT2D eigenvalue weighted by Crippen LogP contribution is -2.27. The number of pyridine rings is 1. The average Bonchev–Trinajstić information content (AvgIpc) is 2.92. The maximum Gasteiger partial charge on any atom is 0.341 e. The maximum atomic E-state index is 12.2. The topological polar surface area (TPSA) is 72.2 Å². The minimum atomic E-state index is -1.17. The second kappa shape index (κ2) is 6.34. The molecule has 3 aromatic rings. The van der Waals surface area contributed by atoms with Crippen molar-refractivity contribution in [2.75, 3.05) is 0 Å². The molecule has 23 heavy (non-hydrogen) atoms. The lowest BCUT2D eigenvalue weighted by Gasteiger charge is -2.07. The Bertz CT molecular complexity index is 894. The minimum absolute atomic E-state index is 0.146. The number of benzene rings is 1. The molecule has 2 heterocycles. The predicted octanol–water partition coefficient (Wildman–Crippen LogP) is 3.10. The second-order valence-electron chi connectivity index (χ2n) is 5.36. The Balaban J connectivity index is 1.72. The number of carbonyl (C=O) groups is 1. The summed E-state index contributed by atoms with van der Waals surface area (Å²) in [4.78, 5) is 27.9. The molecule has 5 nitrogen and oxygen atoms in total. The Labute approximate surface area is 136 Å². The van der Waals surface area contributed by atoms with Gasteiger partial charge in [-0.2, -0.15) is 0 Å². The molecule has 0 spiro atoms. The van der Waals surface area contributed by atoms with E-state index in [1.807, 2.05) is 24.3 Å². The minimum Gasteiger partial charge on any atom is -0.477 e. The number of carboxylic acid groups (broad SMARTS) is 1. The lowest BCUT2D eigenvalue weighted by atomic mass is 10.1. The number of hydrogen-bond acceptors (Lipinski definition) is 4. The largest absolute Gasteiger partial charge is 0.477 e. The van der Waals surface area contributed by atoms with Crippen LogP contribution >= 0.6 is 11.3 Å². The van der Waals surface area contributed by atoms with E-state index in [1.54, 1.807) is 30.5 Å². The molecule has 0 atom stereocenters. The van der Waals surface area contributed by atoms with Crippen molar-refractivity contribution in [3.05, 3.63) is 63.0 Å². The third-order valence-electron chi connectivity index (χ3n) is 3.72. The van der Waals surface area contributed by atoms with Gasteiger partial charge in [0.2, 0.25) is 0 Å². The van der Waals surface area contributed by atoms with Gasteiger partial charge in [-0.1, -0.05) is 12.1 Å². The van der Waals surface area contributed by atoms with E-state index >= 15 is 0 Å². The van der Waals surface area contributed by atoms with Gasteiger partial charge < -0.3 is 9.67 Å². The highest BCUT2D eigenvalue weighted by atomic mass is 32.1. The summed E-state index contributed by atoms with van der Waals surface area (Å²) in [5.74, 6) is -1.17. The molecule has 0 fully saturated rings. The van der Waals surface area contributed by atoms with Crippen molar-refractivity contribution >= 4 is 27.5 Å². The van der Waals surface area contributed by atoms with Gasteiger partial charge in [0.15, 0.2) is 0 Å². The van der Waals surface area contributed by atoms with E-state index in [2.05, 4.69) is 4.98 Å². The summed E-state index contributed by atoms with van der Waals surface area (Å²) in [6.45, 7) is 2.12. The van der Waals surface area contributed by atoms with Crippen LogP contribution in [0.5, 0.6) is 0 Å². The molecule has 118 valence electrons. The van der Waals surface area contributed by atoms with Crippen molar-refractivity contribution in [2.24, 2.45) is 0 Å². The quantitative estimate of drug-likeness (QED) is 0.781. The Hall–Kier alpha value is -2.47. The molecule has 0 bridgehead atoms. The Morgan fingerprint density at radius 3 is 2.83 bits per heavy atom. The number of carboxylic acids is 1. The molecule has 3 rings (SSSR count). The number of aryl methyl sites for hydroxylation is 3. The van der Waals surface area contributed by atoms with Crippen LogP contribution in [0.25, 0.3) is 10.2 Å². The molecule has 0 aliphatic carbocycles. The number of thiazole rings is 1. The first-order chi connectivity index (χ1) is 11.1. The van der Waals surface area contributed by atoms with Crippen LogP contribution in [0.4, 0.5) is 0 Å². The van der Waals surface area contributed by atoms with E-state index in [1.165, 1.54) is 4.57 Å². The van der Waals surface area contributed by atoms with Crippen LogP contribution in [0.1, 0.15) is 27.3 Å². The zero-order valence-corrected chi connectivity index (χ0v) is 13.5. The number of hydrogen-bond donors (Lipinski definition) is 1. The summed E-state index contributed by atoms with van der Waals surface area (Å²) in [5.41, 5.74) is 0.896. The second-order valence-corrected chi connectivity index (χ2v) is 6.47. The van der Waals surface area contributed by atoms with Gasteiger partial charge in [0.25, 0.3) is 5.56 Å². The molecular formula is C17H16N2O3S. The molecule has 0 unspecified atom stereocenters. The molecule has 0 saturated heterocycles. The average molecular weight is 328 g/mol. The van der Waals surface area contributed by atoms with Gasteiger partial charge in [0.1, 0.15) is 5.56 Å². The standard InChI is InChI=1S/C17H16N2O3S/c1-11-8-10-19(16(20)15(11)17(21)22)9-4-7-14-18-12-5-2-3-6-13(12)23-14/h2-3,5-6,8,10H,4,7,9H2,1H3,(H,21,22). The van der Waals surface area contributed by atoms with Gasteiger partial charge in [-0.25, -0.2) is 9.78 Å². The van der Waals surface area contributed by atoms with E-state index in [9.17, 15) is 9.59 Å². The van der Waals surface area contributed by atoms with Crippen LogP contribution in [0.3, 0.4) is 0 Å². The van der Waals surface area contributed by atoms with Crippen molar-refractivity contribution < 1.29 is 9.90 Å². The van der Waals surface area contributed by atoms with E-state index in [-0.39, 0.29) is 5.56 Å². The molecule has 0 saturated carbocycles. The number of fused-ring (bicyclic) bond motifs is 1. The molecule has 0 aliphatic rings. The first kappa shape index (κ1) is 15.4. The molecule has 1 N–H and O–H groups in total. The van der Waals surface area contributed by atoms with Gasteiger partial charge in [-0.15, -0.1) is 11.3 Å². The van der Waals surface area contributed by atoms with E-state index in [0.29, 0.717) is 12.1 Å². The summed E-state index contributed by atoms with van der Waals surface area (Å²) in [5, 5.41) is 10.2. The highest BCUT2D eigenvalue weighted by molar-refractivity contribution is 7.18. The van der Waals surface area contributed by atoms with Crippen LogP contribution in [0, 0.1) is 6.92 Å². The first-order valence-electron chi connectivity index (χ1n) is 7.34. The Morgan fingerprint density at radius 1 is 1.30 bits per heavy atom. The van der Waals surface area contributed by atoms with Crippen molar-refractivity contribution in [1.82, 2.24) is 9.55 Å². The molecular weight excluding hydrogens is 312 g/mol. The summed E-state index contributed by atoms with van der Waals surface area (Å²) < 4.78 is 2.62. The van der Waals surface area contributed by atoms with E-state index < -0.39 is 11.5 Å².